The van der Waals surface area contributed by atoms with Crippen molar-refractivity contribution in [1.82, 2.24) is 5.32 Å². The van der Waals surface area contributed by atoms with Crippen LogP contribution in [0.25, 0.3) is 11.1 Å². The van der Waals surface area contributed by atoms with Gasteiger partial charge in [-0.25, -0.2) is 0 Å². The van der Waals surface area contributed by atoms with Gasteiger partial charge in [-0.3, -0.25) is 4.79 Å². The molecule has 2 aromatic carbocycles. The topological polar surface area (TPSA) is 38.3 Å². The van der Waals surface area contributed by atoms with Crippen molar-refractivity contribution in [3.05, 3.63) is 60.2 Å². The van der Waals surface area contributed by atoms with E-state index in [0.29, 0.717) is 0 Å². The Morgan fingerprint density at radius 2 is 1.65 bits per heavy atom. The highest BCUT2D eigenvalue weighted by Gasteiger charge is 2.09. The molecule has 1 N–H and O–H groups in total. The van der Waals surface area contributed by atoms with Crippen molar-refractivity contribution in [3.8, 4) is 11.1 Å². The van der Waals surface area contributed by atoms with Crippen LogP contribution in [0.4, 0.5) is 0 Å². The summed E-state index contributed by atoms with van der Waals surface area (Å²) in [4.78, 5) is 11.5. The Balaban J connectivity index is 2.06. The highest BCUT2D eigenvalue weighted by Crippen LogP contribution is 2.21. The van der Waals surface area contributed by atoms with Crippen LogP contribution in [0.15, 0.2) is 54.6 Å². The van der Waals surface area contributed by atoms with Gasteiger partial charge >= 0.3 is 0 Å². The van der Waals surface area contributed by atoms with Crippen LogP contribution < -0.4 is 5.32 Å². The lowest BCUT2D eigenvalue weighted by molar-refractivity contribution is -0.125. The first-order valence-electron chi connectivity index (χ1n) is 6.64. The minimum Gasteiger partial charge on any atom is -0.375 e. The summed E-state index contributed by atoms with van der Waals surface area (Å²) in [6.45, 7) is 2.05. The smallest absolute Gasteiger partial charge is 0.246 e. The molecule has 0 bridgehead atoms. The maximum atomic E-state index is 11.5. The molecule has 0 aromatic heterocycles. The lowest BCUT2D eigenvalue weighted by atomic mass is 10.0. The van der Waals surface area contributed by atoms with E-state index in [0.717, 1.165) is 5.56 Å². The summed E-state index contributed by atoms with van der Waals surface area (Å²) in [5, 5.41) is 2.89. The molecule has 0 aliphatic heterocycles. The van der Waals surface area contributed by atoms with Crippen LogP contribution in [0.2, 0.25) is 0 Å². The summed E-state index contributed by atoms with van der Waals surface area (Å²) in [5.41, 5.74) is 3.44. The molecule has 2 rings (SSSR count). The first-order valence-corrected chi connectivity index (χ1v) is 6.64. The molecule has 0 fully saturated rings. The van der Waals surface area contributed by atoms with E-state index >= 15 is 0 Å². The third-order valence-electron chi connectivity index (χ3n) is 3.17. The number of nitrogens with one attached hydrogen (secondary N) is 1. The Kier molecular flexibility index (Phi) is 4.91. The summed E-state index contributed by atoms with van der Waals surface area (Å²) in [6, 6.07) is 18.4. The Morgan fingerprint density at radius 3 is 2.25 bits per heavy atom. The van der Waals surface area contributed by atoms with Gasteiger partial charge in [0.2, 0.25) is 5.91 Å². The second-order valence-corrected chi connectivity index (χ2v) is 4.71. The number of hydrogen-bond donors (Lipinski definition) is 1. The number of ether oxygens (including phenoxy) is 1. The van der Waals surface area contributed by atoms with Gasteiger partial charge in [-0.2, -0.15) is 0 Å². The number of rotatable bonds is 5. The number of benzene rings is 2. The second kappa shape index (κ2) is 6.87. The highest BCUT2D eigenvalue weighted by atomic mass is 16.5. The van der Waals surface area contributed by atoms with Crippen molar-refractivity contribution >= 4 is 5.91 Å². The zero-order valence-electron chi connectivity index (χ0n) is 11.8. The number of hydrogen-bond acceptors (Lipinski definition) is 2. The molecule has 2 aromatic rings. The maximum absolute atomic E-state index is 11.5. The molecule has 0 saturated heterocycles. The lowest BCUT2D eigenvalue weighted by Gasteiger charge is -2.14. The van der Waals surface area contributed by atoms with Gasteiger partial charge in [0, 0.05) is 7.11 Å². The summed E-state index contributed by atoms with van der Waals surface area (Å²) in [5.74, 6) is -0.105. The van der Waals surface area contributed by atoms with Crippen molar-refractivity contribution in [2.75, 3.05) is 13.7 Å². The summed E-state index contributed by atoms with van der Waals surface area (Å²) < 4.78 is 4.81. The zero-order valence-corrected chi connectivity index (χ0v) is 11.8. The third-order valence-corrected chi connectivity index (χ3v) is 3.17. The molecule has 0 aliphatic rings. The average molecular weight is 269 g/mol. The van der Waals surface area contributed by atoms with E-state index in [1.165, 1.54) is 18.2 Å². The maximum Gasteiger partial charge on any atom is 0.246 e. The fourth-order valence-electron chi connectivity index (χ4n) is 2.09. The second-order valence-electron chi connectivity index (χ2n) is 4.71. The first kappa shape index (κ1) is 14.3. The molecule has 0 spiro atoms. The fraction of sp³-hybridized carbons (Fsp3) is 0.235. The number of carbonyl (C=O) groups excluding carboxylic acids is 1. The van der Waals surface area contributed by atoms with Crippen molar-refractivity contribution in [2.24, 2.45) is 0 Å². The highest BCUT2D eigenvalue weighted by molar-refractivity contribution is 5.77. The Bertz CT molecular complexity index is 549. The van der Waals surface area contributed by atoms with Crippen molar-refractivity contribution in [2.45, 2.75) is 13.0 Å². The largest absolute Gasteiger partial charge is 0.375 e. The van der Waals surface area contributed by atoms with Gasteiger partial charge in [-0.15, -0.1) is 0 Å². The van der Waals surface area contributed by atoms with Gasteiger partial charge in [-0.1, -0.05) is 54.6 Å². The van der Waals surface area contributed by atoms with Gasteiger partial charge in [0.15, 0.2) is 0 Å². The molecule has 0 aliphatic carbocycles. The minimum atomic E-state index is -0.105. The van der Waals surface area contributed by atoms with E-state index in [4.69, 9.17) is 4.74 Å². The Labute approximate surface area is 119 Å². The van der Waals surface area contributed by atoms with Gasteiger partial charge in [0.1, 0.15) is 6.61 Å². The van der Waals surface area contributed by atoms with Crippen LogP contribution in [0.3, 0.4) is 0 Å². The first-order chi connectivity index (χ1) is 9.70. The predicted octanol–water partition coefficient (Wildman–Crippen LogP) is 3.18. The van der Waals surface area contributed by atoms with Crippen LogP contribution in [0.5, 0.6) is 0 Å². The van der Waals surface area contributed by atoms with E-state index in [9.17, 15) is 4.79 Å². The van der Waals surface area contributed by atoms with Crippen LogP contribution in [-0.2, 0) is 9.53 Å². The minimum absolute atomic E-state index is 0.0255. The molecule has 3 heteroatoms. The molecule has 104 valence electrons. The molecule has 0 unspecified atom stereocenters. The van der Waals surface area contributed by atoms with Gasteiger partial charge < -0.3 is 10.1 Å². The van der Waals surface area contributed by atoms with Gasteiger partial charge in [0.25, 0.3) is 0 Å². The molecular weight excluding hydrogens is 250 g/mol. The Hall–Kier alpha value is -2.13. The molecule has 0 saturated carbocycles. The fourth-order valence-corrected chi connectivity index (χ4v) is 2.09. The van der Waals surface area contributed by atoms with Crippen LogP contribution in [-0.4, -0.2) is 19.6 Å². The predicted molar refractivity (Wildman–Crippen MR) is 80.3 cm³/mol. The monoisotopic (exact) mass is 269 g/mol. The third kappa shape index (κ3) is 3.68. The van der Waals surface area contributed by atoms with Crippen molar-refractivity contribution in [1.29, 1.82) is 0 Å². The molecule has 20 heavy (non-hydrogen) atoms. The van der Waals surface area contributed by atoms with E-state index in [1.54, 1.807) is 0 Å². The zero-order chi connectivity index (χ0) is 14.4. The standard InChI is InChI=1S/C17H19NO2/c1-13(18-17(19)12-20-2)14-8-10-16(11-9-14)15-6-4-3-5-7-15/h3-11,13H,12H2,1-2H3,(H,18,19)/t13-/m1/s1. The quantitative estimate of drug-likeness (QED) is 0.905. The molecule has 3 nitrogen and oxygen atoms in total. The molecule has 1 atom stereocenters. The molecule has 0 heterocycles. The summed E-state index contributed by atoms with van der Waals surface area (Å²) in [6.07, 6.45) is 0. The van der Waals surface area contributed by atoms with E-state index in [2.05, 4.69) is 29.6 Å². The van der Waals surface area contributed by atoms with E-state index < -0.39 is 0 Å². The SMILES string of the molecule is COCC(=O)N[C@H](C)c1ccc(-c2ccccc2)cc1. The normalized spacial score (nSPS) is 11.9. The molecule has 1 amide bonds. The van der Waals surface area contributed by atoms with Crippen molar-refractivity contribution < 1.29 is 9.53 Å². The van der Waals surface area contributed by atoms with Crippen molar-refractivity contribution in [3.63, 3.8) is 0 Å². The summed E-state index contributed by atoms with van der Waals surface area (Å²) in [7, 11) is 1.51. The van der Waals surface area contributed by atoms with Gasteiger partial charge in [-0.05, 0) is 23.6 Å². The van der Waals surface area contributed by atoms with E-state index in [1.807, 2.05) is 37.3 Å². The Morgan fingerprint density at radius 1 is 1.05 bits per heavy atom. The average Bonchev–Trinajstić information content (AvgIpc) is 2.48. The number of carbonyl (C=O) groups is 1. The van der Waals surface area contributed by atoms with Gasteiger partial charge in [0.05, 0.1) is 6.04 Å². The molecule has 0 radical (unpaired) electrons. The van der Waals surface area contributed by atoms with Crippen LogP contribution in [0, 0.1) is 0 Å². The lowest BCUT2D eigenvalue weighted by Crippen LogP contribution is -2.29. The molecular formula is C17H19NO2. The number of amides is 1. The van der Waals surface area contributed by atoms with Crippen LogP contribution >= 0.6 is 0 Å². The summed E-state index contributed by atoms with van der Waals surface area (Å²) >= 11 is 0. The van der Waals surface area contributed by atoms with Crippen LogP contribution in [0.1, 0.15) is 18.5 Å². The van der Waals surface area contributed by atoms with E-state index in [-0.39, 0.29) is 18.6 Å². The number of methoxy groups -OCH3 is 1.